The van der Waals surface area contributed by atoms with E-state index in [1.165, 1.54) is 40.1 Å². The summed E-state index contributed by atoms with van der Waals surface area (Å²) in [7, 11) is 0. The average Bonchev–Trinajstić information content (AvgIpc) is 3.22. The van der Waals surface area contributed by atoms with Gasteiger partial charge in [0.2, 0.25) is 11.0 Å². The number of anilines is 1. The van der Waals surface area contributed by atoms with Crippen LogP contribution in [0.4, 0.5) is 14.3 Å². The summed E-state index contributed by atoms with van der Waals surface area (Å²) >= 11 is 2.60. The van der Waals surface area contributed by atoms with Crippen molar-refractivity contribution >= 4 is 40.2 Å². The number of amides is 3. The Morgan fingerprint density at radius 2 is 2.20 bits per heavy atom. The van der Waals surface area contributed by atoms with Crippen molar-refractivity contribution < 1.29 is 14.0 Å². The van der Waals surface area contributed by atoms with Crippen molar-refractivity contribution in [3.8, 4) is 0 Å². The zero-order chi connectivity index (χ0) is 17.8. The zero-order valence-corrected chi connectivity index (χ0v) is 15.0. The highest BCUT2D eigenvalue weighted by Crippen LogP contribution is 2.30. The normalized spacial score (nSPS) is 15.1. The van der Waals surface area contributed by atoms with Crippen LogP contribution >= 0.6 is 23.1 Å². The van der Waals surface area contributed by atoms with Gasteiger partial charge in [-0.2, -0.15) is 0 Å². The standard InChI is InChI=1S/C15H16FN5O2S2/c1-9(12(22)21-7-6-17-14(21)23)24-15-20-19-13(25-15)18-8-10-2-4-11(16)5-3-10/h2-5,9H,6-8H2,1H3,(H,17,23)(H,18,19). The SMILES string of the molecule is CC(Sc1nnc(NCc2ccc(F)cc2)s1)C(=O)N1CCNC1=O. The maximum atomic E-state index is 12.9. The van der Waals surface area contributed by atoms with E-state index < -0.39 is 5.25 Å². The lowest BCUT2D eigenvalue weighted by Crippen LogP contribution is -2.38. The predicted octanol–water partition coefficient (Wildman–Crippen LogP) is 2.32. The van der Waals surface area contributed by atoms with Gasteiger partial charge in [0.05, 0.1) is 5.25 Å². The Kier molecular flexibility index (Phi) is 5.49. The molecule has 0 aliphatic carbocycles. The summed E-state index contributed by atoms with van der Waals surface area (Å²) in [5, 5.41) is 14.0. The summed E-state index contributed by atoms with van der Waals surface area (Å²) in [6, 6.07) is 5.85. The lowest BCUT2D eigenvalue weighted by molar-refractivity contribution is -0.126. The van der Waals surface area contributed by atoms with Gasteiger partial charge in [-0.1, -0.05) is 35.2 Å². The number of carbonyl (C=O) groups excluding carboxylic acids is 2. The Balaban J connectivity index is 1.53. The van der Waals surface area contributed by atoms with Crippen LogP contribution in [0.25, 0.3) is 0 Å². The lowest BCUT2D eigenvalue weighted by atomic mass is 10.2. The molecule has 2 aromatic rings. The molecule has 1 saturated heterocycles. The van der Waals surface area contributed by atoms with Gasteiger partial charge < -0.3 is 10.6 Å². The summed E-state index contributed by atoms with van der Waals surface area (Å²) in [6.45, 7) is 3.12. The van der Waals surface area contributed by atoms with Crippen molar-refractivity contribution in [2.24, 2.45) is 0 Å². The smallest absolute Gasteiger partial charge is 0.324 e. The molecule has 3 amide bonds. The van der Waals surface area contributed by atoms with E-state index >= 15 is 0 Å². The number of thioether (sulfide) groups is 1. The van der Waals surface area contributed by atoms with Gasteiger partial charge >= 0.3 is 6.03 Å². The Labute approximate surface area is 152 Å². The molecule has 1 atom stereocenters. The van der Waals surface area contributed by atoms with Crippen molar-refractivity contribution in [3.05, 3.63) is 35.6 Å². The molecule has 7 nitrogen and oxygen atoms in total. The van der Waals surface area contributed by atoms with Gasteiger partial charge in [0.1, 0.15) is 5.82 Å². The van der Waals surface area contributed by atoms with Gasteiger partial charge in [-0.25, -0.2) is 9.18 Å². The molecule has 0 saturated carbocycles. The Morgan fingerprint density at radius 1 is 1.44 bits per heavy atom. The minimum Gasteiger partial charge on any atom is -0.356 e. The molecule has 0 radical (unpaired) electrons. The highest BCUT2D eigenvalue weighted by Gasteiger charge is 2.30. The molecule has 1 unspecified atom stereocenters. The Bertz CT molecular complexity index is 768. The van der Waals surface area contributed by atoms with Crippen LogP contribution in [-0.2, 0) is 11.3 Å². The molecule has 1 fully saturated rings. The van der Waals surface area contributed by atoms with Crippen molar-refractivity contribution in [1.29, 1.82) is 0 Å². The first-order valence-corrected chi connectivity index (χ1v) is 9.30. The number of benzene rings is 1. The van der Waals surface area contributed by atoms with Crippen molar-refractivity contribution in [3.63, 3.8) is 0 Å². The van der Waals surface area contributed by atoms with Crippen molar-refractivity contribution in [1.82, 2.24) is 20.4 Å². The number of hydrogen-bond donors (Lipinski definition) is 2. The van der Waals surface area contributed by atoms with E-state index in [0.717, 1.165) is 5.56 Å². The fourth-order valence-electron chi connectivity index (χ4n) is 2.21. The van der Waals surface area contributed by atoms with Crippen LogP contribution in [0.5, 0.6) is 0 Å². The van der Waals surface area contributed by atoms with Gasteiger partial charge in [0.15, 0.2) is 4.34 Å². The average molecular weight is 381 g/mol. The van der Waals surface area contributed by atoms with Crippen LogP contribution in [0.2, 0.25) is 0 Å². The van der Waals surface area contributed by atoms with E-state index in [4.69, 9.17) is 0 Å². The first kappa shape index (κ1) is 17.6. The second kappa shape index (κ2) is 7.79. The van der Waals surface area contributed by atoms with Crippen LogP contribution in [0.1, 0.15) is 12.5 Å². The molecule has 2 N–H and O–H groups in total. The number of imide groups is 1. The molecule has 0 spiro atoms. The minimum atomic E-state index is -0.429. The van der Waals surface area contributed by atoms with E-state index in [2.05, 4.69) is 20.8 Å². The van der Waals surface area contributed by atoms with E-state index in [0.29, 0.717) is 29.1 Å². The molecule has 2 heterocycles. The number of halogens is 1. The van der Waals surface area contributed by atoms with Crippen LogP contribution < -0.4 is 10.6 Å². The summed E-state index contributed by atoms with van der Waals surface area (Å²) in [5.41, 5.74) is 0.925. The summed E-state index contributed by atoms with van der Waals surface area (Å²) in [5.74, 6) is -0.514. The van der Waals surface area contributed by atoms with Crippen molar-refractivity contribution in [2.75, 3.05) is 18.4 Å². The molecule has 0 bridgehead atoms. The molecule has 10 heteroatoms. The molecule has 132 valence electrons. The molecule has 3 rings (SSSR count). The van der Waals surface area contributed by atoms with Crippen LogP contribution in [0.15, 0.2) is 28.6 Å². The molecule has 1 aliphatic heterocycles. The molecule has 25 heavy (non-hydrogen) atoms. The third-order valence-corrected chi connectivity index (χ3v) is 5.56. The maximum Gasteiger partial charge on any atom is 0.324 e. The summed E-state index contributed by atoms with van der Waals surface area (Å²) in [6.07, 6.45) is 0. The molecular formula is C15H16FN5O2S2. The number of hydrogen-bond acceptors (Lipinski definition) is 7. The monoisotopic (exact) mass is 381 g/mol. The Morgan fingerprint density at radius 3 is 2.88 bits per heavy atom. The molecule has 1 aromatic carbocycles. The summed E-state index contributed by atoms with van der Waals surface area (Å²) in [4.78, 5) is 25.0. The second-order valence-corrected chi connectivity index (χ2v) is 7.90. The summed E-state index contributed by atoms with van der Waals surface area (Å²) < 4.78 is 13.5. The van der Waals surface area contributed by atoms with Gasteiger partial charge in [-0.15, -0.1) is 10.2 Å². The number of urea groups is 1. The highest BCUT2D eigenvalue weighted by atomic mass is 32.2. The zero-order valence-electron chi connectivity index (χ0n) is 13.4. The number of aromatic nitrogens is 2. The Hall–Kier alpha value is -2.20. The van der Waals surface area contributed by atoms with E-state index in [1.54, 1.807) is 19.1 Å². The topological polar surface area (TPSA) is 87.2 Å². The fourth-order valence-corrected chi connectivity index (χ4v) is 4.17. The van der Waals surface area contributed by atoms with Gasteiger partial charge in [0.25, 0.3) is 0 Å². The van der Waals surface area contributed by atoms with Crippen LogP contribution in [0.3, 0.4) is 0 Å². The first-order chi connectivity index (χ1) is 12.0. The number of rotatable bonds is 6. The van der Waals surface area contributed by atoms with E-state index in [-0.39, 0.29) is 17.8 Å². The number of nitrogens with zero attached hydrogens (tertiary/aromatic N) is 3. The number of nitrogens with one attached hydrogen (secondary N) is 2. The molecule has 1 aromatic heterocycles. The van der Waals surface area contributed by atoms with Gasteiger partial charge in [0, 0.05) is 19.6 Å². The third kappa shape index (κ3) is 4.45. The van der Waals surface area contributed by atoms with Crippen LogP contribution in [0, 0.1) is 5.82 Å². The predicted molar refractivity (Wildman–Crippen MR) is 94.1 cm³/mol. The molecule has 1 aliphatic rings. The lowest BCUT2D eigenvalue weighted by Gasteiger charge is -2.16. The van der Waals surface area contributed by atoms with Gasteiger partial charge in [-0.3, -0.25) is 9.69 Å². The largest absolute Gasteiger partial charge is 0.356 e. The quantitative estimate of drug-likeness (QED) is 0.747. The first-order valence-electron chi connectivity index (χ1n) is 7.60. The second-order valence-electron chi connectivity index (χ2n) is 5.34. The highest BCUT2D eigenvalue weighted by molar-refractivity contribution is 8.02. The minimum absolute atomic E-state index is 0.240. The third-order valence-electron chi connectivity index (χ3n) is 3.51. The maximum absolute atomic E-state index is 12.9. The molecular weight excluding hydrogens is 365 g/mol. The fraction of sp³-hybridized carbons (Fsp3) is 0.333. The van der Waals surface area contributed by atoms with Crippen molar-refractivity contribution in [2.45, 2.75) is 23.1 Å². The van der Waals surface area contributed by atoms with Crippen LogP contribution in [-0.4, -0.2) is 45.4 Å². The number of carbonyl (C=O) groups is 2. The van der Waals surface area contributed by atoms with E-state index in [9.17, 15) is 14.0 Å². The van der Waals surface area contributed by atoms with Gasteiger partial charge in [-0.05, 0) is 24.6 Å². The van der Waals surface area contributed by atoms with E-state index in [1.807, 2.05) is 0 Å².